The van der Waals surface area contributed by atoms with Crippen LogP contribution in [0.3, 0.4) is 0 Å². The van der Waals surface area contributed by atoms with Crippen LogP contribution in [-0.2, 0) is 16.7 Å². The van der Waals surface area contributed by atoms with Gasteiger partial charge in [-0.3, -0.25) is 0 Å². The number of carbonyl (C=O) groups is 1. The van der Waals surface area contributed by atoms with E-state index in [-0.39, 0.29) is 6.61 Å². The lowest BCUT2D eigenvalue weighted by molar-refractivity contribution is 0.167. The molecule has 7 heteroatoms. The Morgan fingerprint density at radius 2 is 2.19 bits per heavy atom. The van der Waals surface area contributed by atoms with E-state index in [2.05, 4.69) is 15.5 Å². The van der Waals surface area contributed by atoms with Crippen LogP contribution >= 0.6 is 0 Å². The van der Waals surface area contributed by atoms with Crippen LogP contribution in [0.5, 0.6) is 5.75 Å². The molecule has 1 aromatic carbocycles. The number of aryl methyl sites for hydroxylation is 1. The molecule has 108 valence electrons. The summed E-state index contributed by atoms with van der Waals surface area (Å²) in [5.74, 6) is 1.84. The van der Waals surface area contributed by atoms with E-state index in [4.69, 9.17) is 14.0 Å². The monoisotopic (exact) mass is 287 g/mol. The van der Waals surface area contributed by atoms with Crippen molar-refractivity contribution in [3.63, 3.8) is 0 Å². The van der Waals surface area contributed by atoms with E-state index in [1.807, 2.05) is 25.1 Å². The van der Waals surface area contributed by atoms with Gasteiger partial charge in [0, 0.05) is 17.5 Å². The topological polar surface area (TPSA) is 86.5 Å². The quantitative estimate of drug-likeness (QED) is 0.903. The molecule has 0 aliphatic carbocycles. The molecule has 21 heavy (non-hydrogen) atoms. The molecular weight excluding hydrogens is 274 g/mol. The Bertz CT molecular complexity index is 727. The third-order valence-electron chi connectivity index (χ3n) is 3.79. The zero-order valence-corrected chi connectivity index (χ0v) is 11.4. The Balaban J connectivity index is 1.71. The molecule has 2 aromatic rings. The van der Waals surface area contributed by atoms with Crippen LogP contribution in [0.4, 0.5) is 4.79 Å². The van der Waals surface area contributed by atoms with Gasteiger partial charge in [-0.25, -0.2) is 4.79 Å². The standard InChI is InChI=1S/C14H13N3O4/c1-2-11-15-12(17-21-11)8-3-4-9-10(5-8)19-6-14(9)7-20-13(18)16-14/h3-5H,2,6-7H2,1H3,(H,16,18)/t14-/m0/s1. The van der Waals surface area contributed by atoms with Crippen LogP contribution in [0.2, 0.25) is 0 Å². The average Bonchev–Trinajstić information content (AvgIpc) is 3.19. The van der Waals surface area contributed by atoms with Gasteiger partial charge in [0.25, 0.3) is 0 Å². The predicted octanol–water partition coefficient (Wildman–Crippen LogP) is 1.63. The van der Waals surface area contributed by atoms with Gasteiger partial charge in [0.1, 0.15) is 24.5 Å². The number of carbonyl (C=O) groups excluding carboxylic acids is 1. The highest BCUT2D eigenvalue weighted by molar-refractivity contribution is 5.73. The van der Waals surface area contributed by atoms with E-state index < -0.39 is 11.6 Å². The van der Waals surface area contributed by atoms with E-state index in [1.165, 1.54) is 0 Å². The maximum atomic E-state index is 11.3. The van der Waals surface area contributed by atoms with Crippen LogP contribution in [0, 0.1) is 0 Å². The first-order valence-electron chi connectivity index (χ1n) is 6.75. The lowest BCUT2D eigenvalue weighted by Crippen LogP contribution is -2.41. The fraction of sp³-hybridized carbons (Fsp3) is 0.357. The Kier molecular flexibility index (Phi) is 2.44. The van der Waals surface area contributed by atoms with Gasteiger partial charge in [0.15, 0.2) is 0 Å². The van der Waals surface area contributed by atoms with Crippen molar-refractivity contribution in [3.8, 4) is 17.1 Å². The summed E-state index contributed by atoms with van der Waals surface area (Å²) >= 11 is 0. The largest absolute Gasteiger partial charge is 0.490 e. The number of hydrogen-bond acceptors (Lipinski definition) is 6. The van der Waals surface area contributed by atoms with Crippen molar-refractivity contribution in [2.45, 2.75) is 18.9 Å². The number of alkyl carbamates (subject to hydrolysis) is 1. The summed E-state index contributed by atoms with van der Waals surface area (Å²) in [6.45, 7) is 2.60. The van der Waals surface area contributed by atoms with E-state index in [9.17, 15) is 4.79 Å². The predicted molar refractivity (Wildman–Crippen MR) is 70.8 cm³/mol. The highest BCUT2D eigenvalue weighted by atomic mass is 16.6. The SMILES string of the molecule is CCc1nc(-c2ccc3c(c2)OC[C@]32COC(=O)N2)no1. The fourth-order valence-electron chi connectivity index (χ4n) is 2.65. The molecule has 2 aliphatic heterocycles. The van der Waals surface area contributed by atoms with E-state index in [0.29, 0.717) is 30.5 Å². The van der Waals surface area contributed by atoms with Gasteiger partial charge in [-0.05, 0) is 6.07 Å². The zero-order chi connectivity index (χ0) is 14.4. The fourth-order valence-corrected chi connectivity index (χ4v) is 2.65. The number of aromatic nitrogens is 2. The Labute approximate surface area is 120 Å². The molecule has 1 saturated heterocycles. The smallest absolute Gasteiger partial charge is 0.408 e. The zero-order valence-electron chi connectivity index (χ0n) is 11.4. The molecule has 0 saturated carbocycles. The van der Waals surface area contributed by atoms with E-state index in [0.717, 1.165) is 11.1 Å². The summed E-state index contributed by atoms with van der Waals surface area (Å²) in [6, 6.07) is 5.66. The molecule has 1 amide bonds. The van der Waals surface area contributed by atoms with Crippen LogP contribution in [0.25, 0.3) is 11.4 Å². The number of nitrogens with zero attached hydrogens (tertiary/aromatic N) is 2. The average molecular weight is 287 g/mol. The summed E-state index contributed by atoms with van der Waals surface area (Å²) in [5, 5.41) is 6.77. The van der Waals surface area contributed by atoms with Gasteiger partial charge in [0.2, 0.25) is 11.7 Å². The first kappa shape index (κ1) is 12.2. The molecule has 1 N–H and O–H groups in total. The van der Waals surface area contributed by atoms with Crippen LogP contribution < -0.4 is 10.1 Å². The third kappa shape index (κ3) is 1.77. The number of benzene rings is 1. The number of nitrogens with one attached hydrogen (secondary N) is 1. The number of amides is 1. The van der Waals surface area contributed by atoms with Gasteiger partial charge in [-0.15, -0.1) is 0 Å². The van der Waals surface area contributed by atoms with Crippen LogP contribution in [0.1, 0.15) is 18.4 Å². The van der Waals surface area contributed by atoms with Crippen molar-refractivity contribution in [1.29, 1.82) is 0 Å². The first-order chi connectivity index (χ1) is 10.2. The highest BCUT2D eigenvalue weighted by Crippen LogP contribution is 2.41. The number of ether oxygens (including phenoxy) is 2. The first-order valence-corrected chi connectivity index (χ1v) is 6.75. The minimum atomic E-state index is -0.573. The van der Waals surface area contributed by atoms with Crippen molar-refractivity contribution < 1.29 is 18.8 Å². The summed E-state index contributed by atoms with van der Waals surface area (Å²) in [4.78, 5) is 15.6. The van der Waals surface area contributed by atoms with Crippen molar-refractivity contribution in [1.82, 2.24) is 15.5 Å². The second-order valence-corrected chi connectivity index (χ2v) is 5.15. The van der Waals surface area contributed by atoms with Crippen molar-refractivity contribution in [2.75, 3.05) is 13.2 Å². The van der Waals surface area contributed by atoms with Gasteiger partial charge in [0.05, 0.1) is 0 Å². The molecule has 1 atom stereocenters. The molecular formula is C14H13N3O4. The van der Waals surface area contributed by atoms with Gasteiger partial charge >= 0.3 is 6.09 Å². The summed E-state index contributed by atoms with van der Waals surface area (Å²) < 4.78 is 15.8. The molecule has 0 unspecified atom stereocenters. The highest BCUT2D eigenvalue weighted by Gasteiger charge is 2.47. The van der Waals surface area contributed by atoms with Gasteiger partial charge in [-0.1, -0.05) is 24.2 Å². The summed E-state index contributed by atoms with van der Waals surface area (Å²) in [6.07, 6.45) is 0.280. The van der Waals surface area contributed by atoms with Crippen molar-refractivity contribution >= 4 is 6.09 Å². The summed E-state index contributed by atoms with van der Waals surface area (Å²) in [7, 11) is 0. The van der Waals surface area contributed by atoms with E-state index in [1.54, 1.807) is 0 Å². The molecule has 1 spiro atoms. The normalized spacial score (nSPS) is 22.8. The second-order valence-electron chi connectivity index (χ2n) is 5.15. The maximum absolute atomic E-state index is 11.3. The number of fused-ring (bicyclic) bond motifs is 2. The van der Waals surface area contributed by atoms with Crippen LogP contribution in [0.15, 0.2) is 22.7 Å². The molecule has 4 rings (SSSR count). The minimum absolute atomic E-state index is 0.278. The number of rotatable bonds is 2. The van der Waals surface area contributed by atoms with Gasteiger partial charge in [-0.2, -0.15) is 4.98 Å². The Hall–Kier alpha value is -2.57. The molecule has 7 nitrogen and oxygen atoms in total. The van der Waals surface area contributed by atoms with Gasteiger partial charge < -0.3 is 19.3 Å². The lowest BCUT2D eigenvalue weighted by Gasteiger charge is -2.18. The number of hydrogen-bond donors (Lipinski definition) is 1. The molecule has 0 bridgehead atoms. The lowest BCUT2D eigenvalue weighted by atomic mass is 9.93. The molecule has 0 radical (unpaired) electrons. The Morgan fingerprint density at radius 1 is 1.33 bits per heavy atom. The Morgan fingerprint density at radius 3 is 2.90 bits per heavy atom. The maximum Gasteiger partial charge on any atom is 0.408 e. The van der Waals surface area contributed by atoms with E-state index >= 15 is 0 Å². The molecule has 3 heterocycles. The molecule has 2 aliphatic rings. The molecule has 1 fully saturated rings. The minimum Gasteiger partial charge on any atom is -0.490 e. The summed E-state index contributed by atoms with van der Waals surface area (Å²) in [5.41, 5.74) is 1.16. The number of cyclic esters (lactones) is 1. The van der Waals surface area contributed by atoms with Crippen LogP contribution in [-0.4, -0.2) is 29.4 Å². The second kappa shape index (κ2) is 4.21. The van der Waals surface area contributed by atoms with Crippen molar-refractivity contribution in [3.05, 3.63) is 29.7 Å². The van der Waals surface area contributed by atoms with Crippen molar-refractivity contribution in [2.24, 2.45) is 0 Å². The molecule has 1 aromatic heterocycles. The third-order valence-corrected chi connectivity index (χ3v) is 3.79.